The van der Waals surface area contributed by atoms with Crippen molar-refractivity contribution >= 4 is 38.3 Å². The summed E-state index contributed by atoms with van der Waals surface area (Å²) in [5.41, 5.74) is 0.633. The van der Waals surface area contributed by atoms with Crippen molar-refractivity contribution in [3.8, 4) is 0 Å². The molecule has 0 aromatic heterocycles. The number of nitrogens with zero attached hydrogens (tertiary/aromatic N) is 1. The number of hydrogen-bond acceptors (Lipinski definition) is 2. The van der Waals surface area contributed by atoms with Gasteiger partial charge in [0.1, 0.15) is 0 Å². The molecule has 0 aliphatic rings. The van der Waals surface area contributed by atoms with Crippen LogP contribution in [0.4, 0.5) is 5.69 Å². The highest BCUT2D eigenvalue weighted by Crippen LogP contribution is 2.24. The molecule has 20 heavy (non-hydrogen) atoms. The van der Waals surface area contributed by atoms with Crippen molar-refractivity contribution in [3.05, 3.63) is 70.8 Å². The lowest BCUT2D eigenvalue weighted by molar-refractivity contribution is 0.593. The Labute approximate surface area is 133 Å². The van der Waals surface area contributed by atoms with E-state index in [9.17, 15) is 8.42 Å². The van der Waals surface area contributed by atoms with E-state index in [-0.39, 0.29) is 11.4 Å². The van der Waals surface area contributed by atoms with Crippen LogP contribution in [0.1, 0.15) is 0 Å². The molecular weight excluding hydrogens is 385 g/mol. The number of halogens is 1. The van der Waals surface area contributed by atoms with E-state index < -0.39 is 10.0 Å². The predicted molar refractivity (Wildman–Crippen MR) is 90.3 cm³/mol. The Morgan fingerprint density at radius 3 is 2.20 bits per heavy atom. The van der Waals surface area contributed by atoms with Crippen LogP contribution in [0.15, 0.2) is 72.1 Å². The smallest absolute Gasteiger partial charge is 0.263 e. The summed E-state index contributed by atoms with van der Waals surface area (Å²) in [7, 11) is -3.57. The summed E-state index contributed by atoms with van der Waals surface area (Å²) in [5.74, 6) is 0. The summed E-state index contributed by atoms with van der Waals surface area (Å²) < 4.78 is 27.8. The van der Waals surface area contributed by atoms with Crippen LogP contribution < -0.4 is 4.31 Å². The van der Waals surface area contributed by atoms with Gasteiger partial charge < -0.3 is 0 Å². The lowest BCUT2D eigenvalue weighted by Gasteiger charge is -2.23. The third kappa shape index (κ3) is 3.21. The molecule has 0 unspecified atom stereocenters. The van der Waals surface area contributed by atoms with Gasteiger partial charge >= 0.3 is 0 Å². The molecule has 104 valence electrons. The summed E-state index contributed by atoms with van der Waals surface area (Å²) in [6.07, 6.45) is 1.58. The minimum atomic E-state index is -3.57. The van der Waals surface area contributed by atoms with Gasteiger partial charge in [-0.25, -0.2) is 8.42 Å². The molecule has 0 radical (unpaired) electrons. The van der Waals surface area contributed by atoms with Crippen LogP contribution in [0, 0.1) is 3.57 Å². The van der Waals surface area contributed by atoms with E-state index in [0.29, 0.717) is 5.69 Å². The first-order valence-corrected chi connectivity index (χ1v) is 8.52. The Morgan fingerprint density at radius 2 is 1.65 bits per heavy atom. The molecule has 2 aromatic carbocycles. The van der Waals surface area contributed by atoms with Gasteiger partial charge in [0, 0.05) is 3.57 Å². The Morgan fingerprint density at radius 1 is 1.05 bits per heavy atom. The lowest BCUT2D eigenvalue weighted by Crippen LogP contribution is -2.31. The van der Waals surface area contributed by atoms with Gasteiger partial charge in [0.15, 0.2) is 0 Å². The first-order chi connectivity index (χ1) is 9.55. The highest BCUT2D eigenvalue weighted by Gasteiger charge is 2.23. The molecule has 0 heterocycles. The van der Waals surface area contributed by atoms with Crippen molar-refractivity contribution in [1.29, 1.82) is 0 Å². The van der Waals surface area contributed by atoms with Crippen LogP contribution in [-0.2, 0) is 10.0 Å². The zero-order valence-corrected chi connectivity index (χ0v) is 13.7. The summed E-state index contributed by atoms with van der Waals surface area (Å²) in [5, 5.41) is 0. The van der Waals surface area contributed by atoms with E-state index in [1.54, 1.807) is 48.5 Å². The monoisotopic (exact) mass is 399 g/mol. The fourth-order valence-corrected chi connectivity index (χ4v) is 3.60. The summed E-state index contributed by atoms with van der Waals surface area (Å²) in [6.45, 7) is 3.88. The van der Waals surface area contributed by atoms with Gasteiger partial charge in [0.25, 0.3) is 10.0 Å². The van der Waals surface area contributed by atoms with Crippen molar-refractivity contribution in [2.75, 3.05) is 10.8 Å². The summed E-state index contributed by atoms with van der Waals surface area (Å²) in [4.78, 5) is 0.278. The number of hydrogen-bond donors (Lipinski definition) is 0. The van der Waals surface area contributed by atoms with Crippen LogP contribution in [0.5, 0.6) is 0 Å². The fraction of sp³-hybridized carbons (Fsp3) is 0.0667. The molecule has 2 rings (SSSR count). The molecule has 0 saturated heterocycles. The predicted octanol–water partition coefficient (Wildman–Crippen LogP) is 3.67. The average Bonchev–Trinajstić information content (AvgIpc) is 2.47. The number of benzene rings is 2. The molecule has 2 aromatic rings. The average molecular weight is 399 g/mol. The van der Waals surface area contributed by atoms with Gasteiger partial charge in [0.2, 0.25) is 0 Å². The lowest BCUT2D eigenvalue weighted by atomic mass is 10.3. The largest absolute Gasteiger partial charge is 0.264 e. The summed E-state index contributed by atoms with van der Waals surface area (Å²) in [6, 6.07) is 15.8. The van der Waals surface area contributed by atoms with E-state index in [1.165, 1.54) is 4.31 Å². The zero-order chi connectivity index (χ0) is 14.6. The Balaban J connectivity index is 2.48. The highest BCUT2D eigenvalue weighted by molar-refractivity contribution is 14.1. The number of anilines is 1. The SMILES string of the molecule is C=CCN(c1ccc(I)cc1)S(=O)(=O)c1ccccc1. The van der Waals surface area contributed by atoms with Crippen molar-refractivity contribution in [1.82, 2.24) is 0 Å². The van der Waals surface area contributed by atoms with Gasteiger partial charge in [-0.2, -0.15) is 0 Å². The van der Waals surface area contributed by atoms with Crippen LogP contribution in [0.2, 0.25) is 0 Å². The number of sulfonamides is 1. The van der Waals surface area contributed by atoms with Crippen LogP contribution >= 0.6 is 22.6 Å². The second-order valence-corrected chi connectivity index (χ2v) is 7.22. The molecular formula is C15H14INO2S. The maximum Gasteiger partial charge on any atom is 0.264 e. The van der Waals surface area contributed by atoms with Gasteiger partial charge in [-0.05, 0) is 59.0 Å². The molecule has 0 spiro atoms. The Bertz CT molecular complexity index is 682. The Kier molecular flexibility index (Phi) is 4.82. The van der Waals surface area contributed by atoms with Crippen LogP contribution in [0.3, 0.4) is 0 Å². The minimum Gasteiger partial charge on any atom is -0.263 e. The highest BCUT2D eigenvalue weighted by atomic mass is 127. The standard InChI is InChI=1S/C15H14INO2S/c1-2-12-17(14-10-8-13(16)9-11-14)20(18,19)15-6-4-3-5-7-15/h2-11H,1,12H2. The topological polar surface area (TPSA) is 37.4 Å². The number of rotatable bonds is 5. The molecule has 5 heteroatoms. The van der Waals surface area contributed by atoms with E-state index >= 15 is 0 Å². The van der Waals surface area contributed by atoms with Crippen molar-refractivity contribution < 1.29 is 8.42 Å². The van der Waals surface area contributed by atoms with Crippen LogP contribution in [0.25, 0.3) is 0 Å². The van der Waals surface area contributed by atoms with E-state index in [0.717, 1.165) is 3.57 Å². The third-order valence-electron chi connectivity index (χ3n) is 2.74. The normalized spacial score (nSPS) is 11.1. The second kappa shape index (κ2) is 6.41. The fourth-order valence-electron chi connectivity index (χ4n) is 1.79. The van der Waals surface area contributed by atoms with Gasteiger partial charge in [-0.3, -0.25) is 4.31 Å². The van der Waals surface area contributed by atoms with Gasteiger partial charge in [0.05, 0.1) is 17.1 Å². The van der Waals surface area contributed by atoms with E-state index in [2.05, 4.69) is 29.2 Å². The Hall–Kier alpha value is -1.34. The molecule has 0 saturated carbocycles. The second-order valence-electron chi connectivity index (χ2n) is 4.11. The van der Waals surface area contributed by atoms with Crippen molar-refractivity contribution in [2.24, 2.45) is 0 Å². The maximum absolute atomic E-state index is 12.7. The maximum atomic E-state index is 12.7. The molecule has 3 nitrogen and oxygen atoms in total. The minimum absolute atomic E-state index is 0.234. The summed E-state index contributed by atoms with van der Waals surface area (Å²) >= 11 is 2.19. The van der Waals surface area contributed by atoms with Gasteiger partial charge in [-0.15, -0.1) is 6.58 Å². The quantitative estimate of drug-likeness (QED) is 0.569. The molecule has 0 N–H and O–H groups in total. The molecule has 0 aliphatic carbocycles. The molecule has 0 fully saturated rings. The molecule has 0 atom stereocenters. The zero-order valence-electron chi connectivity index (χ0n) is 10.7. The van der Waals surface area contributed by atoms with E-state index in [4.69, 9.17) is 0 Å². The van der Waals surface area contributed by atoms with Crippen LogP contribution in [-0.4, -0.2) is 15.0 Å². The van der Waals surface area contributed by atoms with Crippen molar-refractivity contribution in [2.45, 2.75) is 4.90 Å². The molecule has 0 bridgehead atoms. The van der Waals surface area contributed by atoms with Gasteiger partial charge in [-0.1, -0.05) is 24.3 Å². The van der Waals surface area contributed by atoms with E-state index in [1.807, 2.05) is 12.1 Å². The molecule has 0 aliphatic heterocycles. The molecule has 0 amide bonds. The third-order valence-corrected chi connectivity index (χ3v) is 5.27. The first-order valence-electron chi connectivity index (χ1n) is 6.00. The van der Waals surface area contributed by atoms with Crippen molar-refractivity contribution in [3.63, 3.8) is 0 Å². The first kappa shape index (κ1) is 15.1.